The normalized spacial score (nSPS) is 14.0. The fourth-order valence-corrected chi connectivity index (χ4v) is 3.24. The van der Waals surface area contributed by atoms with Crippen molar-refractivity contribution in [2.45, 2.75) is 6.92 Å². The van der Waals surface area contributed by atoms with Gasteiger partial charge in [0.15, 0.2) is 0 Å². The van der Waals surface area contributed by atoms with Crippen molar-refractivity contribution in [3.05, 3.63) is 72.3 Å². The van der Waals surface area contributed by atoms with E-state index in [1.165, 1.54) is 0 Å². The molecule has 3 heterocycles. The van der Waals surface area contributed by atoms with E-state index in [0.29, 0.717) is 5.69 Å². The van der Waals surface area contributed by atoms with E-state index in [1.54, 1.807) is 24.7 Å². The van der Waals surface area contributed by atoms with Crippen molar-refractivity contribution in [1.82, 2.24) is 15.0 Å². The van der Waals surface area contributed by atoms with Gasteiger partial charge in [-0.3, -0.25) is 4.79 Å². The topological polar surface area (TPSA) is 74.2 Å². The summed E-state index contributed by atoms with van der Waals surface area (Å²) in [6.07, 6.45) is 5.29. The molecule has 3 aromatic rings. The molecule has 1 N–H and O–H groups in total. The molecular weight excluding hydrogens is 352 g/mol. The van der Waals surface area contributed by atoms with Crippen LogP contribution in [0.4, 0.5) is 17.3 Å². The molecular formula is C21H22N6O. The Bertz CT molecular complexity index is 937. The summed E-state index contributed by atoms with van der Waals surface area (Å²) >= 11 is 0. The molecule has 28 heavy (non-hydrogen) atoms. The van der Waals surface area contributed by atoms with E-state index in [0.717, 1.165) is 49.1 Å². The number of pyridine rings is 1. The molecule has 0 aliphatic carbocycles. The van der Waals surface area contributed by atoms with Gasteiger partial charge in [-0.1, -0.05) is 12.1 Å². The second-order valence-electron chi connectivity index (χ2n) is 6.75. The molecule has 0 saturated carbocycles. The molecule has 0 radical (unpaired) electrons. The highest BCUT2D eigenvalue weighted by Crippen LogP contribution is 2.18. The van der Waals surface area contributed by atoms with Crippen molar-refractivity contribution < 1.29 is 4.79 Å². The van der Waals surface area contributed by atoms with E-state index in [1.807, 2.05) is 43.3 Å². The van der Waals surface area contributed by atoms with Crippen LogP contribution in [0.15, 0.2) is 61.1 Å². The Morgan fingerprint density at radius 3 is 2.36 bits per heavy atom. The Balaban J connectivity index is 1.36. The summed E-state index contributed by atoms with van der Waals surface area (Å²) in [5, 5.41) is 2.89. The fraction of sp³-hybridized carbons (Fsp3) is 0.238. The van der Waals surface area contributed by atoms with Crippen molar-refractivity contribution >= 4 is 23.2 Å². The number of aryl methyl sites for hydroxylation is 1. The number of carbonyl (C=O) groups excluding carboxylic acids is 1. The minimum Gasteiger partial charge on any atom is -0.367 e. The lowest BCUT2D eigenvalue weighted by Crippen LogP contribution is -2.47. The van der Waals surface area contributed by atoms with Crippen LogP contribution in [-0.2, 0) is 0 Å². The van der Waals surface area contributed by atoms with Gasteiger partial charge >= 0.3 is 0 Å². The molecule has 7 heteroatoms. The maximum absolute atomic E-state index is 12.4. The highest BCUT2D eigenvalue weighted by atomic mass is 16.1. The molecule has 1 aliphatic rings. The molecule has 1 saturated heterocycles. The number of carbonyl (C=O) groups is 1. The lowest BCUT2D eigenvalue weighted by molar-refractivity contribution is 0.102. The Hall–Kier alpha value is -3.48. The van der Waals surface area contributed by atoms with Crippen LogP contribution in [0.5, 0.6) is 0 Å². The van der Waals surface area contributed by atoms with Gasteiger partial charge in [0.05, 0.1) is 11.9 Å². The molecule has 2 aromatic heterocycles. The number of aromatic nitrogens is 3. The van der Waals surface area contributed by atoms with Gasteiger partial charge in [0.25, 0.3) is 5.91 Å². The Kier molecular flexibility index (Phi) is 5.14. The monoisotopic (exact) mass is 374 g/mol. The summed E-state index contributed by atoms with van der Waals surface area (Å²) in [5.41, 5.74) is 3.29. The SMILES string of the molecule is Cc1cccc(NC(=O)c2ccc(N3CCN(c4ncccn4)CC3)cn2)c1. The van der Waals surface area contributed by atoms with Crippen molar-refractivity contribution in [3.8, 4) is 0 Å². The van der Waals surface area contributed by atoms with E-state index in [4.69, 9.17) is 0 Å². The number of hydrogen-bond acceptors (Lipinski definition) is 6. The second-order valence-corrected chi connectivity index (χ2v) is 6.75. The van der Waals surface area contributed by atoms with Gasteiger partial charge in [-0.2, -0.15) is 0 Å². The molecule has 142 valence electrons. The molecule has 1 aliphatic heterocycles. The summed E-state index contributed by atoms with van der Waals surface area (Å²) in [5.74, 6) is 0.562. The number of rotatable bonds is 4. The average Bonchev–Trinajstić information content (AvgIpc) is 2.75. The van der Waals surface area contributed by atoms with Crippen LogP contribution in [0, 0.1) is 6.92 Å². The van der Waals surface area contributed by atoms with Crippen molar-refractivity contribution in [3.63, 3.8) is 0 Å². The van der Waals surface area contributed by atoms with Gasteiger partial charge < -0.3 is 15.1 Å². The van der Waals surface area contributed by atoms with Gasteiger partial charge in [-0.15, -0.1) is 0 Å². The van der Waals surface area contributed by atoms with Gasteiger partial charge in [0, 0.05) is 44.3 Å². The third kappa shape index (κ3) is 4.09. The third-order valence-electron chi connectivity index (χ3n) is 4.74. The van der Waals surface area contributed by atoms with Gasteiger partial charge in [0.2, 0.25) is 5.95 Å². The van der Waals surface area contributed by atoms with E-state index in [2.05, 4.69) is 30.1 Å². The van der Waals surface area contributed by atoms with Crippen LogP contribution in [0.3, 0.4) is 0 Å². The Morgan fingerprint density at radius 2 is 1.68 bits per heavy atom. The molecule has 0 atom stereocenters. The molecule has 1 aromatic carbocycles. The Morgan fingerprint density at radius 1 is 0.929 bits per heavy atom. The molecule has 1 amide bonds. The summed E-state index contributed by atoms with van der Waals surface area (Å²) in [4.78, 5) is 29.8. The van der Waals surface area contributed by atoms with Crippen LogP contribution < -0.4 is 15.1 Å². The Labute approximate surface area is 164 Å². The average molecular weight is 374 g/mol. The van der Waals surface area contributed by atoms with Crippen LogP contribution in [0.2, 0.25) is 0 Å². The fourth-order valence-electron chi connectivity index (χ4n) is 3.24. The van der Waals surface area contributed by atoms with Crippen molar-refractivity contribution in [2.75, 3.05) is 41.3 Å². The molecule has 1 fully saturated rings. The number of amides is 1. The largest absolute Gasteiger partial charge is 0.367 e. The van der Waals surface area contributed by atoms with Gasteiger partial charge in [-0.05, 0) is 42.8 Å². The summed E-state index contributed by atoms with van der Waals surface area (Å²) in [7, 11) is 0. The predicted octanol–water partition coefficient (Wildman–Crippen LogP) is 2.76. The lowest BCUT2D eigenvalue weighted by Gasteiger charge is -2.35. The van der Waals surface area contributed by atoms with E-state index in [9.17, 15) is 4.79 Å². The maximum Gasteiger partial charge on any atom is 0.274 e. The van der Waals surface area contributed by atoms with E-state index >= 15 is 0 Å². The first-order valence-corrected chi connectivity index (χ1v) is 9.30. The molecule has 0 unspecified atom stereocenters. The first kappa shape index (κ1) is 17.9. The predicted molar refractivity (Wildman–Crippen MR) is 110 cm³/mol. The smallest absolute Gasteiger partial charge is 0.274 e. The minimum absolute atomic E-state index is 0.205. The molecule has 0 spiro atoms. The number of benzene rings is 1. The zero-order valence-electron chi connectivity index (χ0n) is 15.7. The van der Waals surface area contributed by atoms with Gasteiger partial charge in [0.1, 0.15) is 5.69 Å². The number of piperazine rings is 1. The van der Waals surface area contributed by atoms with Gasteiger partial charge in [-0.25, -0.2) is 15.0 Å². The highest BCUT2D eigenvalue weighted by molar-refractivity contribution is 6.03. The third-order valence-corrected chi connectivity index (χ3v) is 4.74. The second kappa shape index (κ2) is 8.04. The molecule has 7 nitrogen and oxygen atoms in total. The zero-order valence-corrected chi connectivity index (χ0v) is 15.7. The summed E-state index contributed by atoms with van der Waals surface area (Å²) < 4.78 is 0. The maximum atomic E-state index is 12.4. The highest BCUT2D eigenvalue weighted by Gasteiger charge is 2.19. The number of anilines is 3. The van der Waals surface area contributed by atoms with Crippen LogP contribution in [0.25, 0.3) is 0 Å². The van der Waals surface area contributed by atoms with E-state index < -0.39 is 0 Å². The quantitative estimate of drug-likeness (QED) is 0.757. The molecule has 4 rings (SSSR count). The van der Waals surface area contributed by atoms with E-state index in [-0.39, 0.29) is 5.91 Å². The standard InChI is InChI=1S/C21H22N6O/c1-16-4-2-5-17(14-16)25-20(28)19-7-6-18(15-24-19)26-10-12-27(13-11-26)21-22-8-3-9-23-21/h2-9,14-15H,10-13H2,1H3,(H,25,28). The minimum atomic E-state index is -0.205. The van der Waals surface area contributed by atoms with Crippen molar-refractivity contribution in [2.24, 2.45) is 0 Å². The first-order chi connectivity index (χ1) is 13.7. The summed E-state index contributed by atoms with van der Waals surface area (Å²) in [6.45, 7) is 5.40. The first-order valence-electron chi connectivity index (χ1n) is 9.30. The number of nitrogens with zero attached hydrogens (tertiary/aromatic N) is 5. The van der Waals surface area contributed by atoms with Crippen LogP contribution >= 0.6 is 0 Å². The number of hydrogen-bond donors (Lipinski definition) is 1. The summed E-state index contributed by atoms with van der Waals surface area (Å²) in [6, 6.07) is 13.3. The van der Waals surface area contributed by atoms with Crippen LogP contribution in [-0.4, -0.2) is 47.0 Å². The molecule has 0 bridgehead atoms. The zero-order chi connectivity index (χ0) is 19.3. The number of nitrogens with one attached hydrogen (secondary N) is 1. The van der Waals surface area contributed by atoms with Crippen molar-refractivity contribution in [1.29, 1.82) is 0 Å². The lowest BCUT2D eigenvalue weighted by atomic mass is 10.2. The van der Waals surface area contributed by atoms with Crippen LogP contribution in [0.1, 0.15) is 16.1 Å².